The van der Waals surface area contributed by atoms with Crippen molar-refractivity contribution in [2.24, 2.45) is 34.6 Å². The Balaban J connectivity index is 1.53. The van der Waals surface area contributed by atoms with Crippen LogP contribution in [0.15, 0.2) is 0 Å². The average Bonchev–Trinajstić information content (AvgIpc) is 3.00. The van der Waals surface area contributed by atoms with E-state index in [-0.39, 0.29) is 51.4 Å². The van der Waals surface area contributed by atoms with Crippen molar-refractivity contribution in [3.63, 3.8) is 0 Å². The number of nitrogens with one attached hydrogen (secondary N) is 1. The van der Waals surface area contributed by atoms with Crippen LogP contribution in [-0.2, 0) is 23.7 Å². The quantitative estimate of drug-likeness (QED) is 0.0866. The first-order chi connectivity index (χ1) is 21.6. The SMILES string of the molecule is NC(CO)CNC[C@H]1O[C@H](OC2[C@@H](N)C[C@@H](CC(=O)C3(O)CC(N)C3)[C@H](O[C@H]3O[C@H](CO)[C@@H](O)[C@H](N)[C@H]3O)[C@H]2O)[C@H](N)[C@@H](O)[C@@H]1O. The molecule has 4 fully saturated rings. The Morgan fingerprint density at radius 1 is 0.848 bits per heavy atom. The Kier molecular flexibility index (Phi) is 12.9. The molecule has 0 aromatic carbocycles. The highest BCUT2D eigenvalue weighted by Gasteiger charge is 2.54. The smallest absolute Gasteiger partial charge is 0.186 e. The molecule has 46 heavy (non-hydrogen) atoms. The number of nitrogens with two attached hydrogens (primary N) is 5. The van der Waals surface area contributed by atoms with Gasteiger partial charge in [-0.05, 0) is 25.2 Å². The van der Waals surface area contributed by atoms with Gasteiger partial charge < -0.3 is 93.8 Å². The van der Waals surface area contributed by atoms with Gasteiger partial charge in [0, 0.05) is 37.6 Å². The maximum Gasteiger partial charge on any atom is 0.186 e. The molecule has 19 nitrogen and oxygen atoms in total. The maximum atomic E-state index is 13.2. The van der Waals surface area contributed by atoms with Crippen molar-refractivity contribution in [2.45, 2.75) is 129 Å². The van der Waals surface area contributed by atoms with Crippen LogP contribution in [0.25, 0.3) is 0 Å². The second-order valence-corrected chi connectivity index (χ2v) is 13.2. The zero-order valence-electron chi connectivity index (χ0n) is 25.5. The molecule has 0 bridgehead atoms. The van der Waals surface area contributed by atoms with E-state index >= 15 is 0 Å². The normalized spacial score (nSPS) is 48.9. The second kappa shape index (κ2) is 15.7. The van der Waals surface area contributed by atoms with E-state index in [1.807, 2.05) is 0 Å². The fraction of sp³-hybridized carbons (Fsp3) is 0.963. The molecule has 4 aliphatic rings. The highest BCUT2D eigenvalue weighted by atomic mass is 16.7. The first-order valence-corrected chi connectivity index (χ1v) is 15.6. The molecular weight excluding hydrogens is 616 g/mol. The van der Waals surface area contributed by atoms with E-state index in [9.17, 15) is 40.5 Å². The Bertz CT molecular complexity index is 998. The minimum absolute atomic E-state index is 0.00163. The fourth-order valence-electron chi connectivity index (χ4n) is 6.63. The first kappa shape index (κ1) is 37.8. The van der Waals surface area contributed by atoms with Gasteiger partial charge in [0.25, 0.3) is 0 Å². The fourth-order valence-corrected chi connectivity index (χ4v) is 6.63. The number of hydrogen-bond donors (Lipinski definition) is 14. The van der Waals surface area contributed by atoms with Gasteiger partial charge in [-0.15, -0.1) is 0 Å². The van der Waals surface area contributed by atoms with E-state index in [2.05, 4.69) is 5.32 Å². The molecule has 0 spiro atoms. The number of hydrogen-bond acceptors (Lipinski definition) is 19. The summed E-state index contributed by atoms with van der Waals surface area (Å²) in [6, 6.07) is -4.45. The molecule has 2 saturated carbocycles. The molecular formula is C27H52N6O13. The molecule has 2 saturated heterocycles. The molecule has 2 heterocycles. The van der Waals surface area contributed by atoms with Crippen LogP contribution in [0.4, 0.5) is 0 Å². The van der Waals surface area contributed by atoms with E-state index < -0.39 is 116 Å². The van der Waals surface area contributed by atoms with Crippen molar-refractivity contribution >= 4 is 5.78 Å². The molecule has 4 rings (SSSR count). The number of aliphatic hydroxyl groups excluding tert-OH is 7. The van der Waals surface area contributed by atoms with Crippen molar-refractivity contribution < 1.29 is 64.6 Å². The number of ketones is 1. The highest BCUT2D eigenvalue weighted by Crippen LogP contribution is 2.39. The van der Waals surface area contributed by atoms with Crippen LogP contribution in [0, 0.1) is 5.92 Å². The summed E-state index contributed by atoms with van der Waals surface area (Å²) in [4.78, 5) is 13.2. The van der Waals surface area contributed by atoms with Crippen LogP contribution in [-0.4, -0.2) is 176 Å². The number of carbonyl (C=O) groups is 1. The summed E-state index contributed by atoms with van der Waals surface area (Å²) in [6.45, 7) is -0.768. The summed E-state index contributed by atoms with van der Waals surface area (Å²) in [7, 11) is 0. The largest absolute Gasteiger partial charge is 0.395 e. The van der Waals surface area contributed by atoms with Gasteiger partial charge in [0.05, 0.1) is 31.4 Å². The van der Waals surface area contributed by atoms with E-state index in [1.54, 1.807) is 0 Å². The molecule has 268 valence electrons. The van der Waals surface area contributed by atoms with E-state index in [4.69, 9.17) is 52.7 Å². The van der Waals surface area contributed by atoms with Gasteiger partial charge in [0.1, 0.15) is 54.4 Å². The molecule has 16 atom stereocenters. The van der Waals surface area contributed by atoms with Crippen LogP contribution in [0.2, 0.25) is 0 Å². The molecule has 2 unspecified atom stereocenters. The molecule has 2 aliphatic carbocycles. The van der Waals surface area contributed by atoms with E-state index in [1.165, 1.54) is 0 Å². The van der Waals surface area contributed by atoms with Crippen LogP contribution in [0.5, 0.6) is 0 Å². The predicted octanol–water partition coefficient (Wildman–Crippen LogP) is -8.27. The van der Waals surface area contributed by atoms with Gasteiger partial charge in [-0.1, -0.05) is 0 Å². The van der Waals surface area contributed by atoms with Crippen LogP contribution in [0.1, 0.15) is 25.7 Å². The highest BCUT2D eigenvalue weighted by molar-refractivity contribution is 5.88. The summed E-state index contributed by atoms with van der Waals surface area (Å²) < 4.78 is 23.5. The molecule has 0 amide bonds. The Hall–Kier alpha value is -1.05. The Morgan fingerprint density at radius 2 is 1.48 bits per heavy atom. The van der Waals surface area contributed by atoms with Gasteiger partial charge in [0.15, 0.2) is 18.4 Å². The maximum absolute atomic E-state index is 13.2. The molecule has 0 radical (unpaired) electrons. The number of Topliss-reactive ketones (excluding diaryl/α,β-unsaturated/α-hetero) is 1. The lowest BCUT2D eigenvalue weighted by molar-refractivity contribution is -0.323. The lowest BCUT2D eigenvalue weighted by Crippen LogP contribution is -2.68. The monoisotopic (exact) mass is 668 g/mol. The van der Waals surface area contributed by atoms with Crippen molar-refractivity contribution in [2.75, 3.05) is 26.3 Å². The van der Waals surface area contributed by atoms with Crippen LogP contribution < -0.4 is 34.0 Å². The van der Waals surface area contributed by atoms with Crippen molar-refractivity contribution in [3.05, 3.63) is 0 Å². The zero-order chi connectivity index (χ0) is 34.1. The summed E-state index contributed by atoms with van der Waals surface area (Å²) >= 11 is 0. The van der Waals surface area contributed by atoms with Crippen LogP contribution >= 0.6 is 0 Å². The number of ether oxygens (including phenoxy) is 4. The second-order valence-electron chi connectivity index (χ2n) is 13.2. The number of rotatable bonds is 13. The summed E-state index contributed by atoms with van der Waals surface area (Å²) in [5, 5.41) is 86.3. The Labute approximate surface area is 265 Å². The number of carbonyl (C=O) groups excluding carboxylic acids is 1. The van der Waals surface area contributed by atoms with Gasteiger partial charge in [-0.25, -0.2) is 0 Å². The molecule has 19 N–H and O–H groups in total. The Morgan fingerprint density at radius 3 is 2.09 bits per heavy atom. The van der Waals surface area contributed by atoms with Gasteiger partial charge in [0.2, 0.25) is 0 Å². The lowest BCUT2D eigenvalue weighted by atomic mass is 9.69. The minimum atomic E-state index is -1.65. The predicted molar refractivity (Wildman–Crippen MR) is 156 cm³/mol. The zero-order valence-corrected chi connectivity index (χ0v) is 25.5. The van der Waals surface area contributed by atoms with Gasteiger partial charge in [-0.2, -0.15) is 0 Å². The van der Waals surface area contributed by atoms with E-state index in [0.29, 0.717) is 0 Å². The van der Waals surface area contributed by atoms with Crippen LogP contribution in [0.3, 0.4) is 0 Å². The standard InChI is InChI=1S/C27H52N6O13/c28-10-3-27(42,4-10)15(36)2-9-1-12(30)24(22(41)23(9)45-26-21(40)16(31)18(37)14(8-35)44-26)46-25-17(32)20(39)19(38)13(43-25)6-33-5-11(29)7-34/h9-14,16-26,33-35,37-42H,1-8,28-32H2/t9-,10?,11?,12-,13+,14+,16-,17+,18+,19+,20+,21+,22+,23-,24?,25+,26+,27?/m0/s1. The minimum Gasteiger partial charge on any atom is -0.395 e. The van der Waals surface area contributed by atoms with Gasteiger partial charge in [-0.3, -0.25) is 4.79 Å². The van der Waals surface area contributed by atoms with Crippen molar-refractivity contribution in [1.82, 2.24) is 5.32 Å². The van der Waals surface area contributed by atoms with Crippen molar-refractivity contribution in [1.29, 1.82) is 0 Å². The summed E-state index contributed by atoms with van der Waals surface area (Å²) in [5.41, 5.74) is 28.4. The number of aliphatic hydroxyl groups is 8. The summed E-state index contributed by atoms with van der Waals surface area (Å²) in [5.74, 6) is -1.38. The third-order valence-corrected chi connectivity index (χ3v) is 9.56. The molecule has 2 aliphatic heterocycles. The van der Waals surface area contributed by atoms with Gasteiger partial charge >= 0.3 is 0 Å². The molecule has 19 heteroatoms. The third-order valence-electron chi connectivity index (χ3n) is 9.56. The summed E-state index contributed by atoms with van der Waals surface area (Å²) in [6.07, 6.45) is -15.6. The van der Waals surface area contributed by atoms with E-state index in [0.717, 1.165) is 0 Å². The van der Waals surface area contributed by atoms with Crippen molar-refractivity contribution in [3.8, 4) is 0 Å². The first-order valence-electron chi connectivity index (χ1n) is 15.6. The third kappa shape index (κ3) is 8.04. The molecule has 0 aromatic rings. The topological polar surface area (TPSA) is 358 Å². The lowest BCUT2D eigenvalue weighted by Gasteiger charge is -2.49. The average molecular weight is 669 g/mol. The molecule has 0 aromatic heterocycles.